The molecule has 1 aromatic heterocycles. The van der Waals surface area contributed by atoms with E-state index >= 15 is 0 Å². The summed E-state index contributed by atoms with van der Waals surface area (Å²) in [6.45, 7) is 4.85. The molecule has 4 aromatic carbocycles. The molecule has 9 rings (SSSR count). The molecule has 0 bridgehead atoms. The van der Waals surface area contributed by atoms with Gasteiger partial charge in [-0.05, 0) is 64.0 Å². The van der Waals surface area contributed by atoms with E-state index < -0.39 is 0 Å². The maximum atomic E-state index is 5.14. The third-order valence-electron chi connectivity index (χ3n) is 10.6. The van der Waals surface area contributed by atoms with E-state index in [0.717, 1.165) is 35.1 Å². The molecule has 4 aliphatic rings. The molecule has 2 atom stereocenters. The molecule has 4 aliphatic carbocycles. The van der Waals surface area contributed by atoms with E-state index in [0.29, 0.717) is 17.5 Å². The topological polar surface area (TPSA) is 38.7 Å². The predicted octanol–water partition coefficient (Wildman–Crippen LogP) is 11.3. The normalized spacial score (nSPS) is 20.2. The second-order valence-electron chi connectivity index (χ2n) is 13.9. The maximum absolute atomic E-state index is 5.14. The van der Waals surface area contributed by atoms with E-state index in [2.05, 4.69) is 129 Å². The predicted molar refractivity (Wildman–Crippen MR) is 200 cm³/mol. The largest absolute Gasteiger partial charge is 0.208 e. The molecular weight excluding hydrogens is 595 g/mol. The lowest BCUT2D eigenvalue weighted by Crippen LogP contribution is -2.23. The monoisotopic (exact) mass is 631 g/mol. The molecule has 3 nitrogen and oxygen atoms in total. The Labute approximate surface area is 288 Å². The van der Waals surface area contributed by atoms with Gasteiger partial charge in [0, 0.05) is 33.9 Å². The van der Waals surface area contributed by atoms with E-state index in [-0.39, 0.29) is 17.3 Å². The lowest BCUT2D eigenvalue weighted by Gasteiger charge is -2.36. The van der Waals surface area contributed by atoms with E-state index in [1.807, 2.05) is 36.4 Å². The van der Waals surface area contributed by atoms with Gasteiger partial charge in [-0.2, -0.15) is 0 Å². The molecule has 0 N–H and O–H groups in total. The van der Waals surface area contributed by atoms with Crippen molar-refractivity contribution in [2.45, 2.75) is 32.6 Å². The van der Waals surface area contributed by atoms with Crippen molar-refractivity contribution in [1.82, 2.24) is 15.0 Å². The van der Waals surface area contributed by atoms with Gasteiger partial charge in [-0.3, -0.25) is 0 Å². The van der Waals surface area contributed by atoms with Gasteiger partial charge in [0.05, 0.1) is 0 Å². The van der Waals surface area contributed by atoms with Crippen LogP contribution < -0.4 is 0 Å². The zero-order chi connectivity index (χ0) is 33.0. The van der Waals surface area contributed by atoms with Gasteiger partial charge in [-0.15, -0.1) is 0 Å². The van der Waals surface area contributed by atoms with Gasteiger partial charge >= 0.3 is 0 Å². The van der Waals surface area contributed by atoms with E-state index in [1.165, 1.54) is 33.4 Å². The number of allylic oxidation sites excluding steroid dienone is 12. The van der Waals surface area contributed by atoms with E-state index in [4.69, 9.17) is 15.0 Å². The number of fused-ring (bicyclic) bond motifs is 3. The summed E-state index contributed by atoms with van der Waals surface area (Å²) in [6.07, 6.45) is 18.8. The van der Waals surface area contributed by atoms with Crippen molar-refractivity contribution in [3.05, 3.63) is 185 Å². The SMILES string of the molecule is CC1(C)C2=CC(c3cc(-c4ccccc4)cc(-c4nc(-c5ccccc5)nc(-c5ccccc5)n4)c3)C3C=CC=CC3=C2C2=C1CCC=C2. The van der Waals surface area contributed by atoms with Crippen LogP contribution in [-0.2, 0) is 0 Å². The Morgan fingerprint density at radius 1 is 0.592 bits per heavy atom. The van der Waals surface area contributed by atoms with Crippen molar-refractivity contribution < 1.29 is 0 Å². The summed E-state index contributed by atoms with van der Waals surface area (Å²) in [5, 5.41) is 0. The summed E-state index contributed by atoms with van der Waals surface area (Å²) in [7, 11) is 0. The van der Waals surface area contributed by atoms with Crippen LogP contribution in [0.3, 0.4) is 0 Å². The minimum Gasteiger partial charge on any atom is -0.208 e. The van der Waals surface area contributed by atoms with Gasteiger partial charge in [0.25, 0.3) is 0 Å². The second kappa shape index (κ2) is 11.8. The highest BCUT2D eigenvalue weighted by Gasteiger charge is 2.45. The molecule has 0 radical (unpaired) electrons. The van der Waals surface area contributed by atoms with Gasteiger partial charge in [0.15, 0.2) is 17.5 Å². The average Bonchev–Trinajstić information content (AvgIpc) is 3.41. The molecule has 49 heavy (non-hydrogen) atoms. The van der Waals surface area contributed by atoms with Crippen LogP contribution in [0.2, 0.25) is 0 Å². The minimum atomic E-state index is -0.0100. The van der Waals surface area contributed by atoms with Crippen LogP contribution in [0.15, 0.2) is 180 Å². The van der Waals surface area contributed by atoms with Crippen molar-refractivity contribution >= 4 is 0 Å². The molecule has 5 aromatic rings. The summed E-state index contributed by atoms with van der Waals surface area (Å²) in [5.41, 5.74) is 13.9. The molecular formula is C46H37N3. The Morgan fingerprint density at radius 3 is 1.84 bits per heavy atom. The number of hydrogen-bond acceptors (Lipinski definition) is 3. The van der Waals surface area contributed by atoms with Crippen LogP contribution in [-0.4, -0.2) is 15.0 Å². The third kappa shape index (κ3) is 5.09. The average molecular weight is 632 g/mol. The summed E-state index contributed by atoms with van der Waals surface area (Å²) in [4.78, 5) is 15.3. The van der Waals surface area contributed by atoms with E-state index in [1.54, 1.807) is 5.57 Å². The van der Waals surface area contributed by atoms with Crippen LogP contribution in [0.1, 0.15) is 38.2 Å². The van der Waals surface area contributed by atoms with Crippen molar-refractivity contribution in [3.63, 3.8) is 0 Å². The molecule has 0 amide bonds. The first kappa shape index (κ1) is 29.5. The minimum absolute atomic E-state index is 0.0100. The van der Waals surface area contributed by atoms with Gasteiger partial charge in [0.1, 0.15) is 0 Å². The molecule has 2 unspecified atom stereocenters. The van der Waals surface area contributed by atoms with Crippen molar-refractivity contribution in [2.75, 3.05) is 0 Å². The van der Waals surface area contributed by atoms with Crippen LogP contribution >= 0.6 is 0 Å². The Kier molecular flexibility index (Phi) is 7.09. The Bertz CT molecular complexity index is 2230. The van der Waals surface area contributed by atoms with Crippen molar-refractivity contribution in [3.8, 4) is 45.3 Å². The first-order valence-corrected chi connectivity index (χ1v) is 17.3. The zero-order valence-electron chi connectivity index (χ0n) is 27.8. The fourth-order valence-corrected chi connectivity index (χ4v) is 8.19. The summed E-state index contributed by atoms with van der Waals surface area (Å²) in [5.74, 6) is 2.41. The van der Waals surface area contributed by atoms with Gasteiger partial charge in [-0.25, -0.2) is 15.0 Å². The number of aromatic nitrogens is 3. The maximum Gasteiger partial charge on any atom is 0.164 e. The second-order valence-corrected chi connectivity index (χ2v) is 13.9. The summed E-state index contributed by atoms with van der Waals surface area (Å²) in [6, 6.07) is 38.1. The third-order valence-corrected chi connectivity index (χ3v) is 10.6. The highest BCUT2D eigenvalue weighted by molar-refractivity contribution is 5.76. The number of hydrogen-bond donors (Lipinski definition) is 0. The Hall–Kier alpha value is -5.67. The number of rotatable bonds is 5. The van der Waals surface area contributed by atoms with Crippen LogP contribution in [0.4, 0.5) is 0 Å². The van der Waals surface area contributed by atoms with Crippen molar-refractivity contribution in [2.24, 2.45) is 11.3 Å². The first-order valence-electron chi connectivity index (χ1n) is 17.3. The highest BCUT2D eigenvalue weighted by Crippen LogP contribution is 2.59. The lowest BCUT2D eigenvalue weighted by molar-refractivity contribution is 0.523. The van der Waals surface area contributed by atoms with Gasteiger partial charge in [0.2, 0.25) is 0 Å². The summed E-state index contributed by atoms with van der Waals surface area (Å²) < 4.78 is 0. The molecule has 3 heteroatoms. The fraction of sp³-hybridized carbons (Fsp3) is 0.152. The van der Waals surface area contributed by atoms with Gasteiger partial charge in [-0.1, -0.05) is 159 Å². The first-order chi connectivity index (χ1) is 24.0. The molecule has 0 spiro atoms. The molecule has 0 saturated heterocycles. The quantitative estimate of drug-likeness (QED) is 0.194. The van der Waals surface area contributed by atoms with Crippen molar-refractivity contribution in [1.29, 1.82) is 0 Å². The Balaban J connectivity index is 1.25. The Morgan fingerprint density at radius 2 is 1.18 bits per heavy atom. The lowest BCUT2D eigenvalue weighted by atomic mass is 9.68. The molecule has 0 aliphatic heterocycles. The number of benzene rings is 4. The number of nitrogens with zero attached hydrogens (tertiary/aromatic N) is 3. The van der Waals surface area contributed by atoms with E-state index in [9.17, 15) is 0 Å². The smallest absolute Gasteiger partial charge is 0.164 e. The highest BCUT2D eigenvalue weighted by atomic mass is 15.0. The van der Waals surface area contributed by atoms with Crippen LogP contribution in [0, 0.1) is 11.3 Å². The standard InChI is InChI=1S/C46H37N3/c1-46(2)40-25-15-14-24-38(40)42-37-23-13-12-22-36(37)39(29-41(42)46)34-26-33(30-16-6-3-7-17-30)27-35(28-34)45-48-43(31-18-8-4-9-19-31)47-44(49-45)32-20-10-5-11-21-32/h3-14,16-24,26-29,36,39H,15,25H2,1-2H3. The van der Waals surface area contributed by atoms with Gasteiger partial charge < -0.3 is 0 Å². The molecule has 0 saturated carbocycles. The summed E-state index contributed by atoms with van der Waals surface area (Å²) >= 11 is 0. The molecule has 0 fully saturated rings. The zero-order valence-corrected chi connectivity index (χ0v) is 27.8. The fourth-order valence-electron chi connectivity index (χ4n) is 8.19. The van der Waals surface area contributed by atoms with Crippen LogP contribution in [0.25, 0.3) is 45.3 Å². The van der Waals surface area contributed by atoms with Crippen LogP contribution in [0.5, 0.6) is 0 Å². The molecule has 236 valence electrons. The molecule has 1 heterocycles.